The maximum Gasteiger partial charge on any atom is 0.290 e. The van der Waals surface area contributed by atoms with E-state index in [4.69, 9.17) is 9.47 Å². The van der Waals surface area contributed by atoms with Gasteiger partial charge in [0.25, 0.3) is 5.56 Å². The van der Waals surface area contributed by atoms with Crippen LogP contribution < -0.4 is 15.0 Å². The second kappa shape index (κ2) is 7.34. The monoisotopic (exact) mass is 420 g/mol. The van der Waals surface area contributed by atoms with E-state index in [2.05, 4.69) is 15.3 Å². The van der Waals surface area contributed by atoms with Crippen LogP contribution in [0.1, 0.15) is 15.9 Å². The molecule has 9 heteroatoms. The molecule has 0 atom stereocenters. The van der Waals surface area contributed by atoms with Gasteiger partial charge in [-0.05, 0) is 31.2 Å². The number of aromatic amines is 1. The van der Waals surface area contributed by atoms with Gasteiger partial charge in [-0.25, -0.2) is 9.61 Å². The molecule has 0 spiro atoms. The zero-order valence-corrected chi connectivity index (χ0v) is 16.7. The van der Waals surface area contributed by atoms with Crippen molar-refractivity contribution in [2.24, 2.45) is 0 Å². The molecule has 2 aromatic carbocycles. The lowest BCUT2D eigenvalue weighted by molar-refractivity contribution is 0.102. The number of Topliss-reactive ketones (excluding diaryl/α,β-unsaturated/α-hetero) is 1. The van der Waals surface area contributed by atoms with E-state index in [1.165, 1.54) is 16.3 Å². The highest BCUT2D eigenvalue weighted by Gasteiger charge is 2.18. The van der Waals surface area contributed by atoms with E-state index in [1.54, 1.807) is 24.3 Å². The Morgan fingerprint density at radius 2 is 1.93 bits per heavy atom. The number of benzene rings is 2. The molecule has 0 unspecified atom stereocenters. The fraction of sp³-hybridized carbons (Fsp3) is 0.143. The summed E-state index contributed by atoms with van der Waals surface area (Å²) in [6.45, 7) is 2.16. The molecule has 0 aliphatic carbocycles. The van der Waals surface area contributed by atoms with Gasteiger partial charge in [-0.2, -0.15) is 5.10 Å². The molecule has 8 nitrogen and oxygen atoms in total. The lowest BCUT2D eigenvalue weighted by Crippen LogP contribution is -2.14. The van der Waals surface area contributed by atoms with Crippen molar-refractivity contribution in [3.63, 3.8) is 0 Å². The molecular weight excluding hydrogens is 404 g/mol. The minimum absolute atomic E-state index is 0.0923. The summed E-state index contributed by atoms with van der Waals surface area (Å²) in [5.74, 6) is 1.23. The molecular formula is C21H16N4O4S. The molecule has 0 radical (unpaired) electrons. The third-order valence-corrected chi connectivity index (χ3v) is 5.68. The topological polar surface area (TPSA) is 98.6 Å². The number of carbonyl (C=O) groups excluding carboxylic acids is 1. The van der Waals surface area contributed by atoms with Gasteiger partial charge in [-0.15, -0.1) is 5.10 Å². The Hall–Kier alpha value is -3.59. The molecule has 0 amide bonds. The lowest BCUT2D eigenvalue weighted by Gasteiger charge is -2.04. The van der Waals surface area contributed by atoms with Crippen molar-refractivity contribution < 1.29 is 14.3 Å². The molecule has 1 N–H and O–H groups in total. The number of aryl methyl sites for hydroxylation is 1. The first-order chi connectivity index (χ1) is 14.6. The Kier molecular flexibility index (Phi) is 4.51. The Balaban J connectivity index is 1.41. The standard InChI is InChI=1S/C21H16N4O4S/c1-12-2-4-13(5-3-12)15-9-16-20(27)22-23-21(25(16)24-15)30-10-17(26)14-6-7-18-19(8-14)29-11-28-18/h2-9H,10-11H2,1H3,(H,22,27). The largest absolute Gasteiger partial charge is 0.454 e. The number of rotatable bonds is 5. The summed E-state index contributed by atoms with van der Waals surface area (Å²) in [6, 6.07) is 14.7. The molecule has 0 saturated carbocycles. The summed E-state index contributed by atoms with van der Waals surface area (Å²) in [6.07, 6.45) is 0. The number of nitrogens with zero attached hydrogens (tertiary/aromatic N) is 3. The molecule has 30 heavy (non-hydrogen) atoms. The van der Waals surface area contributed by atoms with Gasteiger partial charge in [0.1, 0.15) is 5.52 Å². The summed E-state index contributed by atoms with van der Waals surface area (Å²) in [7, 11) is 0. The van der Waals surface area contributed by atoms with Crippen LogP contribution >= 0.6 is 11.8 Å². The van der Waals surface area contributed by atoms with E-state index in [0.717, 1.165) is 11.1 Å². The van der Waals surface area contributed by atoms with Gasteiger partial charge in [0, 0.05) is 11.1 Å². The summed E-state index contributed by atoms with van der Waals surface area (Å²) >= 11 is 1.20. The minimum atomic E-state index is -0.340. The molecule has 150 valence electrons. The van der Waals surface area contributed by atoms with Crippen molar-refractivity contribution in [2.75, 3.05) is 12.5 Å². The third kappa shape index (κ3) is 3.33. The number of H-pyrrole nitrogens is 1. The van der Waals surface area contributed by atoms with Gasteiger partial charge in [0.05, 0.1) is 11.4 Å². The highest BCUT2D eigenvalue weighted by Crippen LogP contribution is 2.33. The number of ketones is 1. The zero-order valence-electron chi connectivity index (χ0n) is 15.9. The van der Waals surface area contributed by atoms with Crippen LogP contribution in [0.3, 0.4) is 0 Å². The van der Waals surface area contributed by atoms with Crippen molar-refractivity contribution in [3.05, 3.63) is 70.0 Å². The van der Waals surface area contributed by atoms with Crippen molar-refractivity contribution in [1.82, 2.24) is 19.8 Å². The second-order valence-electron chi connectivity index (χ2n) is 6.81. The van der Waals surface area contributed by atoms with Crippen LogP contribution in [0, 0.1) is 6.92 Å². The van der Waals surface area contributed by atoms with Gasteiger partial charge in [0.15, 0.2) is 17.3 Å². The van der Waals surface area contributed by atoms with E-state index in [-0.39, 0.29) is 23.9 Å². The van der Waals surface area contributed by atoms with E-state index in [9.17, 15) is 9.59 Å². The molecule has 1 aliphatic heterocycles. The summed E-state index contributed by atoms with van der Waals surface area (Å²) in [5.41, 5.74) is 3.26. The number of thioether (sulfide) groups is 1. The average Bonchev–Trinajstić information content (AvgIpc) is 3.41. The first kappa shape index (κ1) is 18.4. The fourth-order valence-corrected chi connectivity index (χ4v) is 3.93. The Morgan fingerprint density at radius 3 is 2.77 bits per heavy atom. The van der Waals surface area contributed by atoms with E-state index in [1.807, 2.05) is 31.2 Å². The van der Waals surface area contributed by atoms with Gasteiger partial charge in [0.2, 0.25) is 11.9 Å². The Bertz CT molecular complexity index is 1330. The van der Waals surface area contributed by atoms with Crippen LogP contribution in [0.15, 0.2) is 58.5 Å². The molecule has 2 aromatic heterocycles. The van der Waals surface area contributed by atoms with Crippen molar-refractivity contribution >= 4 is 23.1 Å². The van der Waals surface area contributed by atoms with Gasteiger partial charge >= 0.3 is 0 Å². The van der Waals surface area contributed by atoms with Crippen LogP contribution in [0.2, 0.25) is 0 Å². The maximum atomic E-state index is 12.6. The molecule has 0 fully saturated rings. The lowest BCUT2D eigenvalue weighted by atomic mass is 10.1. The van der Waals surface area contributed by atoms with Crippen LogP contribution in [0.5, 0.6) is 11.5 Å². The van der Waals surface area contributed by atoms with E-state index >= 15 is 0 Å². The number of ether oxygens (including phenoxy) is 2. The number of hydrogen-bond acceptors (Lipinski definition) is 7. The van der Waals surface area contributed by atoms with Crippen molar-refractivity contribution in [2.45, 2.75) is 12.1 Å². The van der Waals surface area contributed by atoms with E-state index in [0.29, 0.717) is 33.4 Å². The number of nitrogens with one attached hydrogen (secondary N) is 1. The smallest absolute Gasteiger partial charge is 0.290 e. The van der Waals surface area contributed by atoms with E-state index < -0.39 is 0 Å². The number of aromatic nitrogens is 4. The zero-order chi connectivity index (χ0) is 20.7. The molecule has 5 rings (SSSR count). The normalized spacial score (nSPS) is 12.4. The average molecular weight is 420 g/mol. The molecule has 1 aliphatic rings. The summed E-state index contributed by atoms with van der Waals surface area (Å²) in [4.78, 5) is 24.8. The SMILES string of the molecule is Cc1ccc(-c2cc3c(=O)[nH]nc(SCC(=O)c4ccc5c(c4)OCO5)n3n2)cc1. The minimum Gasteiger partial charge on any atom is -0.454 e. The van der Waals surface area contributed by atoms with Crippen LogP contribution in [0.4, 0.5) is 0 Å². The first-order valence-corrected chi connectivity index (χ1v) is 10.2. The van der Waals surface area contributed by atoms with Crippen molar-refractivity contribution in [3.8, 4) is 22.8 Å². The summed E-state index contributed by atoms with van der Waals surface area (Å²) < 4.78 is 12.1. The first-order valence-electron chi connectivity index (χ1n) is 9.19. The summed E-state index contributed by atoms with van der Waals surface area (Å²) in [5, 5.41) is 11.5. The predicted molar refractivity (Wildman–Crippen MR) is 111 cm³/mol. The highest BCUT2D eigenvalue weighted by atomic mass is 32.2. The Labute approximate surface area is 174 Å². The quantitative estimate of drug-likeness (QED) is 0.391. The van der Waals surface area contributed by atoms with Crippen LogP contribution in [0.25, 0.3) is 16.8 Å². The molecule has 0 saturated heterocycles. The van der Waals surface area contributed by atoms with Gasteiger partial charge in [-0.1, -0.05) is 41.6 Å². The number of hydrogen-bond donors (Lipinski definition) is 1. The van der Waals surface area contributed by atoms with Gasteiger partial charge in [-0.3, -0.25) is 9.59 Å². The van der Waals surface area contributed by atoms with Crippen LogP contribution in [-0.2, 0) is 0 Å². The Morgan fingerprint density at radius 1 is 1.13 bits per heavy atom. The molecule has 4 aromatic rings. The fourth-order valence-electron chi connectivity index (χ4n) is 3.13. The van der Waals surface area contributed by atoms with Gasteiger partial charge < -0.3 is 9.47 Å². The molecule has 3 heterocycles. The molecule has 0 bridgehead atoms. The van der Waals surface area contributed by atoms with Crippen LogP contribution in [-0.4, -0.2) is 38.1 Å². The number of fused-ring (bicyclic) bond motifs is 2. The van der Waals surface area contributed by atoms with Crippen molar-refractivity contribution in [1.29, 1.82) is 0 Å². The third-order valence-electron chi connectivity index (χ3n) is 4.75. The number of carbonyl (C=O) groups is 1. The maximum absolute atomic E-state index is 12.6. The highest BCUT2D eigenvalue weighted by molar-refractivity contribution is 7.99. The second-order valence-corrected chi connectivity index (χ2v) is 7.75. The predicted octanol–water partition coefficient (Wildman–Crippen LogP) is 3.10.